The second-order valence-electron chi connectivity index (χ2n) is 14.2. The van der Waals surface area contributed by atoms with Crippen LogP contribution < -0.4 is 0 Å². The summed E-state index contributed by atoms with van der Waals surface area (Å²) < 4.78 is 6.66. The molecule has 0 saturated heterocycles. The molecule has 11 rings (SSSR count). The number of benzene rings is 8. The van der Waals surface area contributed by atoms with Crippen molar-refractivity contribution in [1.82, 2.24) is 13.7 Å². The number of hydrogen-bond donors (Lipinski definition) is 0. The van der Waals surface area contributed by atoms with Crippen LogP contribution in [-0.4, -0.2) is 13.7 Å². The van der Waals surface area contributed by atoms with Gasteiger partial charge in [0.15, 0.2) is 5.69 Å². The largest absolute Gasteiger partial charge is 0.319 e. The molecule has 0 fully saturated rings. The molecule has 8 aromatic carbocycles. The predicted octanol–water partition coefficient (Wildman–Crippen LogP) is 13.6. The van der Waals surface area contributed by atoms with Crippen LogP contribution in [0.4, 0.5) is 11.4 Å². The van der Waals surface area contributed by atoms with Gasteiger partial charge in [-0.05, 0) is 83.9 Å². The minimum Gasteiger partial charge on any atom is -0.319 e. The Labute approximate surface area is 327 Å². The molecule has 262 valence electrons. The summed E-state index contributed by atoms with van der Waals surface area (Å²) in [5.41, 5.74) is 11.9. The molecule has 0 aliphatic carbocycles. The van der Waals surface area contributed by atoms with Crippen molar-refractivity contribution in [3.05, 3.63) is 198 Å². The van der Waals surface area contributed by atoms with Crippen LogP contribution in [-0.2, 0) is 0 Å². The molecule has 0 atom stereocenters. The molecule has 0 spiro atoms. The Hall–Kier alpha value is -8.37. The molecular weight excluding hydrogens is 697 g/mol. The lowest BCUT2D eigenvalue weighted by Gasteiger charge is -2.15. The zero-order valence-electron chi connectivity index (χ0n) is 30.3. The number of fused-ring (bicyclic) bond motifs is 9. The maximum absolute atomic E-state index is 9.72. The van der Waals surface area contributed by atoms with Crippen molar-refractivity contribution < 1.29 is 0 Å². The van der Waals surface area contributed by atoms with Crippen LogP contribution in [0.25, 0.3) is 103 Å². The van der Waals surface area contributed by atoms with Crippen LogP contribution in [0.1, 0.15) is 5.56 Å². The van der Waals surface area contributed by atoms with Gasteiger partial charge < -0.3 is 13.7 Å². The minimum atomic E-state index is 0.456. The predicted molar refractivity (Wildman–Crippen MR) is 232 cm³/mol. The summed E-state index contributed by atoms with van der Waals surface area (Å²) in [6.07, 6.45) is 0. The SMILES string of the molecule is [C-]#[N+]c1cc(-n2c3ccccc3c3ccc(-n4c5ccccc5c5ccccc54)cc32)ccc1-c1ccc(-n2c3ccccc3c3ccc(C#N)cc32)c([N+]#[C-])c1. The average Bonchev–Trinajstić information content (AvgIpc) is 3.91. The second kappa shape index (κ2) is 12.3. The van der Waals surface area contributed by atoms with Gasteiger partial charge in [-0.25, -0.2) is 9.69 Å². The second-order valence-corrected chi connectivity index (χ2v) is 14.2. The van der Waals surface area contributed by atoms with E-state index in [1.807, 2.05) is 66.7 Å². The van der Waals surface area contributed by atoms with Gasteiger partial charge in [0.05, 0.1) is 63.6 Å². The van der Waals surface area contributed by atoms with E-state index in [0.717, 1.165) is 82.8 Å². The summed E-state index contributed by atoms with van der Waals surface area (Å²) in [6, 6.07) is 60.1. The smallest absolute Gasteiger partial charge is 0.211 e. The molecule has 3 heterocycles. The third-order valence-electron chi connectivity index (χ3n) is 11.3. The zero-order valence-corrected chi connectivity index (χ0v) is 30.3. The van der Waals surface area contributed by atoms with Crippen LogP contribution in [0.2, 0.25) is 0 Å². The van der Waals surface area contributed by atoms with E-state index in [9.17, 15) is 5.26 Å². The Bertz CT molecular complexity index is 3580. The van der Waals surface area contributed by atoms with Gasteiger partial charge in [0.2, 0.25) is 5.69 Å². The molecule has 3 aromatic heterocycles. The Morgan fingerprint density at radius 3 is 1.46 bits per heavy atom. The highest BCUT2D eigenvalue weighted by atomic mass is 15.0. The van der Waals surface area contributed by atoms with Crippen molar-refractivity contribution >= 4 is 76.8 Å². The van der Waals surface area contributed by atoms with Crippen molar-refractivity contribution in [3.8, 4) is 34.3 Å². The molecule has 0 aliphatic rings. The van der Waals surface area contributed by atoms with Gasteiger partial charge in [-0.3, -0.25) is 0 Å². The number of aromatic nitrogens is 3. The Kier molecular flexibility index (Phi) is 6.95. The van der Waals surface area contributed by atoms with Gasteiger partial charge in [-0.1, -0.05) is 97.1 Å². The zero-order chi connectivity index (χ0) is 38.2. The number of nitriles is 1. The summed E-state index contributed by atoms with van der Waals surface area (Å²) in [6.45, 7) is 16.6. The van der Waals surface area contributed by atoms with Gasteiger partial charge >= 0.3 is 0 Å². The molecule has 0 amide bonds. The van der Waals surface area contributed by atoms with Crippen molar-refractivity contribution in [2.75, 3.05) is 0 Å². The van der Waals surface area contributed by atoms with E-state index >= 15 is 0 Å². The number of hydrogen-bond acceptors (Lipinski definition) is 1. The fourth-order valence-electron chi connectivity index (χ4n) is 8.84. The Balaban J connectivity index is 1.07. The first-order valence-corrected chi connectivity index (χ1v) is 18.6. The van der Waals surface area contributed by atoms with Crippen molar-refractivity contribution in [3.63, 3.8) is 0 Å². The Morgan fingerprint density at radius 2 is 0.877 bits per heavy atom. The normalized spacial score (nSPS) is 11.5. The van der Waals surface area contributed by atoms with E-state index in [4.69, 9.17) is 13.1 Å². The van der Waals surface area contributed by atoms with Crippen LogP contribution in [0.15, 0.2) is 170 Å². The van der Waals surface area contributed by atoms with Crippen molar-refractivity contribution in [2.45, 2.75) is 0 Å². The van der Waals surface area contributed by atoms with E-state index in [2.05, 4.69) is 133 Å². The van der Waals surface area contributed by atoms with Gasteiger partial charge in [-0.2, -0.15) is 5.26 Å². The summed E-state index contributed by atoms with van der Waals surface area (Å²) >= 11 is 0. The van der Waals surface area contributed by atoms with Crippen LogP contribution in [0.5, 0.6) is 0 Å². The molecule has 11 aromatic rings. The van der Waals surface area contributed by atoms with E-state index in [0.29, 0.717) is 16.9 Å². The lowest BCUT2D eigenvalue weighted by molar-refractivity contribution is 1.16. The quantitative estimate of drug-likeness (QED) is 0.167. The van der Waals surface area contributed by atoms with E-state index < -0.39 is 0 Å². The molecule has 0 N–H and O–H groups in total. The molecule has 0 unspecified atom stereocenters. The summed E-state index contributed by atoms with van der Waals surface area (Å²) in [4.78, 5) is 8.05. The monoisotopic (exact) mass is 724 g/mol. The third-order valence-corrected chi connectivity index (χ3v) is 11.3. The molecule has 0 bridgehead atoms. The molecule has 0 saturated carbocycles. The van der Waals surface area contributed by atoms with Gasteiger partial charge in [-0.15, -0.1) is 0 Å². The highest BCUT2D eigenvalue weighted by Crippen LogP contribution is 2.42. The molecule has 0 radical (unpaired) electrons. The van der Waals surface area contributed by atoms with Crippen LogP contribution >= 0.6 is 0 Å². The van der Waals surface area contributed by atoms with E-state index in [1.165, 1.54) is 10.8 Å². The number of nitrogens with zero attached hydrogens (tertiary/aromatic N) is 6. The van der Waals surface area contributed by atoms with Crippen molar-refractivity contribution in [1.29, 1.82) is 5.26 Å². The first-order chi connectivity index (χ1) is 28.1. The molecule has 0 aliphatic heterocycles. The summed E-state index contributed by atoms with van der Waals surface area (Å²) in [5.74, 6) is 0. The summed E-state index contributed by atoms with van der Waals surface area (Å²) in [7, 11) is 0. The maximum atomic E-state index is 9.72. The van der Waals surface area contributed by atoms with E-state index in [1.54, 1.807) is 0 Å². The van der Waals surface area contributed by atoms with Crippen molar-refractivity contribution in [2.24, 2.45) is 0 Å². The first kappa shape index (κ1) is 32.1. The molecule has 6 heteroatoms. The average molecular weight is 725 g/mol. The molecule has 57 heavy (non-hydrogen) atoms. The first-order valence-electron chi connectivity index (χ1n) is 18.6. The van der Waals surface area contributed by atoms with Gasteiger partial charge in [0.1, 0.15) is 0 Å². The molecule has 6 nitrogen and oxygen atoms in total. The third kappa shape index (κ3) is 4.68. The Morgan fingerprint density at radius 1 is 0.404 bits per heavy atom. The van der Waals surface area contributed by atoms with Crippen LogP contribution in [0, 0.1) is 24.5 Å². The maximum Gasteiger partial charge on any atom is 0.211 e. The minimum absolute atomic E-state index is 0.456. The topological polar surface area (TPSA) is 47.3 Å². The lowest BCUT2D eigenvalue weighted by Crippen LogP contribution is -1.97. The fraction of sp³-hybridized carbons (Fsp3) is 0. The molecular formula is C51H28N6. The summed E-state index contributed by atoms with van der Waals surface area (Å²) in [5, 5.41) is 16.5. The van der Waals surface area contributed by atoms with E-state index in [-0.39, 0.29) is 0 Å². The number of rotatable bonds is 4. The standard InChI is InChI=1S/C51H28N6/c1-53-43-29-34(21-24-36(43)33-20-26-49(44(28-33)54-2)57-48-18-10-6-14-40(48)41-23-19-32(31-52)27-50(41)57)56-47-17-9-5-13-39(47)42-25-22-35(30-51(42)56)55-45-15-7-3-11-37(45)38-12-4-8-16-46(38)55/h3-30H. The van der Waals surface area contributed by atoms with Crippen LogP contribution in [0.3, 0.4) is 0 Å². The van der Waals surface area contributed by atoms with Gasteiger partial charge in [0.25, 0.3) is 0 Å². The fourth-order valence-corrected chi connectivity index (χ4v) is 8.84. The highest BCUT2D eigenvalue weighted by Gasteiger charge is 2.20. The lowest BCUT2D eigenvalue weighted by atomic mass is 10.0. The van der Waals surface area contributed by atoms with Gasteiger partial charge in [0, 0.05) is 43.7 Å². The highest BCUT2D eigenvalue weighted by molar-refractivity contribution is 6.13. The number of para-hydroxylation sites is 4.